The van der Waals surface area contributed by atoms with E-state index < -0.39 is 0 Å². The fourth-order valence-electron chi connectivity index (χ4n) is 1.67. The summed E-state index contributed by atoms with van der Waals surface area (Å²) < 4.78 is 0. The summed E-state index contributed by atoms with van der Waals surface area (Å²) in [6.07, 6.45) is 0. The smallest absolute Gasteiger partial charge is 0.102 e. The molecule has 0 unspecified atom stereocenters. The van der Waals surface area contributed by atoms with Gasteiger partial charge in [0, 0.05) is 10.6 Å². The first kappa shape index (κ1) is 12.9. The van der Waals surface area contributed by atoms with Crippen LogP contribution in [0.1, 0.15) is 16.8 Å². The third kappa shape index (κ3) is 2.84. The van der Waals surface area contributed by atoms with Crippen molar-refractivity contribution in [2.24, 2.45) is 0 Å². The van der Waals surface area contributed by atoms with Crippen LogP contribution in [-0.4, -0.2) is 4.98 Å². The molecule has 18 heavy (non-hydrogen) atoms. The van der Waals surface area contributed by atoms with Crippen LogP contribution in [0.25, 0.3) is 0 Å². The fraction of sp³-hybridized carbons (Fsp3) is 0.143. The summed E-state index contributed by atoms with van der Waals surface area (Å²) in [7, 11) is 0. The van der Waals surface area contributed by atoms with Crippen LogP contribution in [0.3, 0.4) is 0 Å². The largest absolute Gasteiger partial charge is 0.246 e. The van der Waals surface area contributed by atoms with E-state index in [-0.39, 0.29) is 0 Å². The Balaban J connectivity index is 2.40. The van der Waals surface area contributed by atoms with Crippen molar-refractivity contribution in [2.45, 2.75) is 23.8 Å². The Morgan fingerprint density at radius 2 is 2.06 bits per heavy atom. The van der Waals surface area contributed by atoms with Gasteiger partial charge in [0.1, 0.15) is 11.1 Å². The predicted octanol–water partition coefficient (Wildman–Crippen LogP) is 4.37. The molecular formula is C14H11ClN2S. The maximum absolute atomic E-state index is 9.12. The van der Waals surface area contributed by atoms with Crippen LogP contribution in [0.5, 0.6) is 0 Å². The van der Waals surface area contributed by atoms with Gasteiger partial charge in [0.15, 0.2) is 0 Å². The molecule has 0 aliphatic heterocycles. The fourth-order valence-corrected chi connectivity index (χ4v) is 3.00. The minimum atomic E-state index is 0.479. The highest BCUT2D eigenvalue weighted by Crippen LogP contribution is 2.32. The molecule has 0 saturated carbocycles. The molecule has 1 heterocycles. The lowest BCUT2D eigenvalue weighted by atomic mass is 10.2. The molecule has 1 aromatic heterocycles. The molecule has 0 radical (unpaired) electrons. The van der Waals surface area contributed by atoms with Gasteiger partial charge in [-0.3, -0.25) is 0 Å². The maximum atomic E-state index is 9.12. The van der Waals surface area contributed by atoms with Crippen LogP contribution in [0.15, 0.2) is 40.3 Å². The van der Waals surface area contributed by atoms with Crippen molar-refractivity contribution < 1.29 is 0 Å². The number of halogens is 1. The molecule has 0 atom stereocenters. The van der Waals surface area contributed by atoms with E-state index >= 15 is 0 Å². The van der Waals surface area contributed by atoms with Crippen molar-refractivity contribution in [1.82, 2.24) is 4.98 Å². The molecule has 0 aliphatic rings. The molecular weight excluding hydrogens is 264 g/mol. The number of nitriles is 1. The van der Waals surface area contributed by atoms with E-state index in [9.17, 15) is 0 Å². The topological polar surface area (TPSA) is 36.7 Å². The number of aryl methyl sites for hydroxylation is 2. The Bertz CT molecular complexity index is 612. The quantitative estimate of drug-likeness (QED) is 0.816. The SMILES string of the molecule is Cc1cc(C)nc(Sc2cccc(Cl)c2C#N)c1. The van der Waals surface area contributed by atoms with E-state index in [1.165, 1.54) is 11.8 Å². The Hall–Kier alpha value is -1.50. The molecule has 0 bridgehead atoms. The second-order valence-corrected chi connectivity index (χ2v) is 5.42. The Labute approximate surface area is 116 Å². The zero-order valence-corrected chi connectivity index (χ0v) is 11.6. The number of hydrogen-bond donors (Lipinski definition) is 0. The summed E-state index contributed by atoms with van der Waals surface area (Å²) >= 11 is 7.47. The number of nitrogens with zero attached hydrogens (tertiary/aromatic N) is 2. The molecule has 0 saturated heterocycles. The van der Waals surface area contributed by atoms with E-state index in [4.69, 9.17) is 16.9 Å². The van der Waals surface area contributed by atoms with Crippen LogP contribution >= 0.6 is 23.4 Å². The van der Waals surface area contributed by atoms with Gasteiger partial charge in [-0.05, 0) is 43.7 Å². The summed E-state index contributed by atoms with van der Waals surface area (Å²) in [4.78, 5) is 5.28. The van der Waals surface area contributed by atoms with Gasteiger partial charge < -0.3 is 0 Å². The maximum Gasteiger partial charge on any atom is 0.102 e. The molecule has 0 aliphatic carbocycles. The normalized spacial score (nSPS) is 10.1. The van der Waals surface area contributed by atoms with Gasteiger partial charge in [0.25, 0.3) is 0 Å². The molecule has 0 amide bonds. The lowest BCUT2D eigenvalue weighted by molar-refractivity contribution is 1.05. The monoisotopic (exact) mass is 274 g/mol. The minimum Gasteiger partial charge on any atom is -0.246 e. The lowest BCUT2D eigenvalue weighted by Crippen LogP contribution is -1.88. The summed E-state index contributed by atoms with van der Waals surface area (Å²) in [6, 6.07) is 11.6. The van der Waals surface area contributed by atoms with E-state index in [1.54, 1.807) is 6.07 Å². The average Bonchev–Trinajstić information content (AvgIpc) is 2.27. The summed E-state index contributed by atoms with van der Waals surface area (Å²) in [5.74, 6) is 0. The molecule has 0 spiro atoms. The molecule has 0 fully saturated rings. The molecule has 0 N–H and O–H groups in total. The third-order valence-electron chi connectivity index (χ3n) is 2.38. The molecule has 1 aromatic carbocycles. The van der Waals surface area contributed by atoms with Crippen molar-refractivity contribution in [3.63, 3.8) is 0 Å². The van der Waals surface area contributed by atoms with Crippen molar-refractivity contribution in [3.8, 4) is 6.07 Å². The molecule has 90 valence electrons. The van der Waals surface area contributed by atoms with Crippen LogP contribution < -0.4 is 0 Å². The Morgan fingerprint density at radius 1 is 1.28 bits per heavy atom. The van der Waals surface area contributed by atoms with Gasteiger partial charge in [0.2, 0.25) is 0 Å². The second kappa shape index (κ2) is 5.43. The number of pyridine rings is 1. The van der Waals surface area contributed by atoms with Crippen molar-refractivity contribution in [3.05, 3.63) is 52.2 Å². The third-order valence-corrected chi connectivity index (χ3v) is 3.67. The average molecular weight is 275 g/mol. The van der Waals surface area contributed by atoms with Crippen molar-refractivity contribution in [1.29, 1.82) is 5.26 Å². The van der Waals surface area contributed by atoms with E-state index in [2.05, 4.69) is 11.1 Å². The summed E-state index contributed by atoms with van der Waals surface area (Å²) in [5, 5.41) is 10.5. The van der Waals surface area contributed by atoms with Crippen molar-refractivity contribution in [2.75, 3.05) is 0 Å². The molecule has 2 nitrogen and oxygen atoms in total. The van der Waals surface area contributed by atoms with Crippen LogP contribution in [0, 0.1) is 25.2 Å². The predicted molar refractivity (Wildman–Crippen MR) is 74.0 cm³/mol. The highest BCUT2D eigenvalue weighted by atomic mass is 35.5. The van der Waals surface area contributed by atoms with Gasteiger partial charge in [0.05, 0.1) is 10.6 Å². The first-order chi connectivity index (χ1) is 8.60. The summed E-state index contributed by atoms with van der Waals surface area (Å²) in [5.41, 5.74) is 2.63. The first-order valence-electron chi connectivity index (χ1n) is 5.42. The summed E-state index contributed by atoms with van der Waals surface area (Å²) in [6.45, 7) is 3.99. The van der Waals surface area contributed by atoms with E-state index in [0.29, 0.717) is 10.6 Å². The van der Waals surface area contributed by atoms with Crippen molar-refractivity contribution >= 4 is 23.4 Å². The zero-order chi connectivity index (χ0) is 13.1. The number of rotatable bonds is 2. The van der Waals surface area contributed by atoms with Gasteiger partial charge >= 0.3 is 0 Å². The minimum absolute atomic E-state index is 0.479. The lowest BCUT2D eigenvalue weighted by Gasteiger charge is -2.06. The van der Waals surface area contributed by atoms with Crippen LogP contribution in [-0.2, 0) is 0 Å². The standard InChI is InChI=1S/C14H11ClN2S/c1-9-6-10(2)17-14(7-9)18-13-5-3-4-12(15)11(13)8-16/h3-7H,1-2H3. The highest BCUT2D eigenvalue weighted by molar-refractivity contribution is 7.99. The van der Waals surface area contributed by atoms with Gasteiger partial charge in [-0.1, -0.05) is 29.4 Å². The Kier molecular flexibility index (Phi) is 3.90. The zero-order valence-electron chi connectivity index (χ0n) is 10.1. The molecule has 4 heteroatoms. The first-order valence-corrected chi connectivity index (χ1v) is 6.61. The second-order valence-electron chi connectivity index (χ2n) is 3.95. The number of hydrogen-bond acceptors (Lipinski definition) is 3. The van der Waals surface area contributed by atoms with Crippen LogP contribution in [0.2, 0.25) is 5.02 Å². The highest BCUT2D eigenvalue weighted by Gasteiger charge is 2.09. The molecule has 2 aromatic rings. The Morgan fingerprint density at radius 3 is 2.72 bits per heavy atom. The molecule has 2 rings (SSSR count). The van der Waals surface area contributed by atoms with Gasteiger partial charge in [-0.15, -0.1) is 0 Å². The van der Waals surface area contributed by atoms with Gasteiger partial charge in [-0.25, -0.2) is 4.98 Å². The van der Waals surface area contributed by atoms with E-state index in [1.807, 2.05) is 38.1 Å². The number of aromatic nitrogens is 1. The van der Waals surface area contributed by atoms with E-state index in [0.717, 1.165) is 21.2 Å². The van der Waals surface area contributed by atoms with Crippen LogP contribution in [0.4, 0.5) is 0 Å². The number of benzene rings is 1. The van der Waals surface area contributed by atoms with Gasteiger partial charge in [-0.2, -0.15) is 5.26 Å².